The summed E-state index contributed by atoms with van der Waals surface area (Å²) in [5, 5.41) is 3.04. The van der Waals surface area contributed by atoms with Gasteiger partial charge >= 0.3 is 0 Å². The molecule has 1 amide bonds. The number of carbonyl (C=O) groups is 1. The molecule has 3 aromatic rings. The van der Waals surface area contributed by atoms with Crippen molar-refractivity contribution in [3.05, 3.63) is 95.1 Å². The molecule has 0 heterocycles. The lowest BCUT2D eigenvalue weighted by Gasteiger charge is -2.26. The summed E-state index contributed by atoms with van der Waals surface area (Å²) in [6.07, 6.45) is 0.271. The van der Waals surface area contributed by atoms with Gasteiger partial charge in [-0.2, -0.15) is 0 Å². The maximum atomic E-state index is 12.7. The Kier molecular flexibility index (Phi) is 6.61. The molecule has 0 bridgehead atoms. The maximum Gasteiger partial charge on any atom is 0.265 e. The van der Waals surface area contributed by atoms with Gasteiger partial charge in [-0.05, 0) is 54.7 Å². The second-order valence-corrected chi connectivity index (χ2v) is 8.23. The SMILES string of the molecule is CCc1cccc(C)c1NC(=O)C(C)Oc1ccc(C(C)(C)c2ccccc2)cc1. The van der Waals surface area contributed by atoms with Crippen LogP contribution in [0, 0.1) is 6.92 Å². The van der Waals surface area contributed by atoms with Crippen LogP contribution in [0.5, 0.6) is 5.75 Å². The third kappa shape index (κ3) is 4.73. The number of ether oxygens (including phenoxy) is 1. The van der Waals surface area contributed by atoms with Gasteiger partial charge in [0.2, 0.25) is 0 Å². The summed E-state index contributed by atoms with van der Waals surface area (Å²) < 4.78 is 5.92. The molecular weight excluding hydrogens is 370 g/mol. The van der Waals surface area contributed by atoms with E-state index < -0.39 is 6.10 Å². The highest BCUT2D eigenvalue weighted by atomic mass is 16.5. The molecule has 0 fully saturated rings. The molecule has 0 saturated carbocycles. The van der Waals surface area contributed by atoms with Crippen molar-refractivity contribution in [2.45, 2.75) is 52.6 Å². The van der Waals surface area contributed by atoms with Crippen molar-refractivity contribution < 1.29 is 9.53 Å². The molecule has 1 unspecified atom stereocenters. The summed E-state index contributed by atoms with van der Waals surface area (Å²) in [7, 11) is 0. The molecule has 0 aliphatic carbocycles. The summed E-state index contributed by atoms with van der Waals surface area (Å²) >= 11 is 0. The lowest BCUT2D eigenvalue weighted by molar-refractivity contribution is -0.122. The van der Waals surface area contributed by atoms with Crippen LogP contribution in [0.25, 0.3) is 0 Å². The lowest BCUT2D eigenvalue weighted by Crippen LogP contribution is -2.30. The van der Waals surface area contributed by atoms with Crippen molar-refractivity contribution in [3.8, 4) is 5.75 Å². The second-order valence-electron chi connectivity index (χ2n) is 8.23. The van der Waals surface area contributed by atoms with Gasteiger partial charge in [-0.3, -0.25) is 4.79 Å². The number of hydrogen-bond acceptors (Lipinski definition) is 2. The van der Waals surface area contributed by atoms with E-state index in [0.29, 0.717) is 5.75 Å². The summed E-state index contributed by atoms with van der Waals surface area (Å²) in [4.78, 5) is 12.7. The smallest absolute Gasteiger partial charge is 0.265 e. The average molecular weight is 402 g/mol. The Bertz CT molecular complexity index is 991. The first kappa shape index (κ1) is 21.6. The Morgan fingerprint density at radius 2 is 1.57 bits per heavy atom. The highest BCUT2D eigenvalue weighted by Gasteiger charge is 2.23. The molecule has 30 heavy (non-hydrogen) atoms. The first-order valence-corrected chi connectivity index (χ1v) is 10.5. The molecule has 0 aliphatic heterocycles. The van der Waals surface area contributed by atoms with E-state index in [0.717, 1.165) is 23.2 Å². The normalized spacial score (nSPS) is 12.3. The fraction of sp³-hybridized carbons (Fsp3) is 0.296. The van der Waals surface area contributed by atoms with E-state index >= 15 is 0 Å². The Balaban J connectivity index is 1.69. The minimum absolute atomic E-state index is 0.107. The summed E-state index contributed by atoms with van der Waals surface area (Å²) in [6, 6.07) is 24.5. The van der Waals surface area contributed by atoms with E-state index in [1.165, 1.54) is 11.1 Å². The van der Waals surface area contributed by atoms with E-state index in [2.05, 4.69) is 62.5 Å². The quantitative estimate of drug-likeness (QED) is 0.505. The van der Waals surface area contributed by atoms with Gasteiger partial charge in [0, 0.05) is 11.1 Å². The molecule has 3 aromatic carbocycles. The number of carbonyl (C=O) groups excluding carboxylic acids is 1. The van der Waals surface area contributed by atoms with Crippen molar-refractivity contribution in [1.82, 2.24) is 0 Å². The number of para-hydroxylation sites is 1. The van der Waals surface area contributed by atoms with Crippen LogP contribution in [0.2, 0.25) is 0 Å². The summed E-state index contributed by atoms with van der Waals surface area (Å²) in [5.41, 5.74) is 5.43. The van der Waals surface area contributed by atoms with Crippen LogP contribution in [-0.2, 0) is 16.6 Å². The molecular formula is C27H31NO2. The number of benzene rings is 3. The van der Waals surface area contributed by atoms with Gasteiger partial charge in [0.1, 0.15) is 5.75 Å². The van der Waals surface area contributed by atoms with Crippen molar-refractivity contribution in [1.29, 1.82) is 0 Å². The Hall–Kier alpha value is -3.07. The highest BCUT2D eigenvalue weighted by molar-refractivity contribution is 5.95. The molecule has 3 heteroatoms. The first-order valence-electron chi connectivity index (χ1n) is 10.5. The predicted octanol–water partition coefficient (Wildman–Crippen LogP) is 6.29. The fourth-order valence-electron chi connectivity index (χ4n) is 3.66. The fourth-order valence-corrected chi connectivity index (χ4v) is 3.66. The molecule has 0 radical (unpaired) electrons. The van der Waals surface area contributed by atoms with Crippen LogP contribution in [-0.4, -0.2) is 12.0 Å². The largest absolute Gasteiger partial charge is 0.481 e. The molecule has 0 aromatic heterocycles. The van der Waals surface area contributed by atoms with Gasteiger partial charge in [0.05, 0.1) is 0 Å². The first-order chi connectivity index (χ1) is 14.3. The van der Waals surface area contributed by atoms with Crippen LogP contribution in [0.1, 0.15) is 49.9 Å². The van der Waals surface area contributed by atoms with Crippen LogP contribution in [0.15, 0.2) is 72.8 Å². The van der Waals surface area contributed by atoms with E-state index in [1.807, 2.05) is 43.3 Å². The van der Waals surface area contributed by atoms with Gasteiger partial charge < -0.3 is 10.1 Å². The van der Waals surface area contributed by atoms with Crippen molar-refractivity contribution >= 4 is 11.6 Å². The zero-order chi connectivity index (χ0) is 21.7. The van der Waals surface area contributed by atoms with Crippen LogP contribution in [0.4, 0.5) is 5.69 Å². The zero-order valence-electron chi connectivity index (χ0n) is 18.5. The second kappa shape index (κ2) is 9.17. The molecule has 156 valence electrons. The molecule has 0 saturated heterocycles. The van der Waals surface area contributed by atoms with Gasteiger partial charge in [0.25, 0.3) is 5.91 Å². The Labute approximate surface area is 180 Å². The Morgan fingerprint density at radius 3 is 2.20 bits per heavy atom. The van der Waals surface area contributed by atoms with Crippen molar-refractivity contribution in [3.63, 3.8) is 0 Å². The van der Waals surface area contributed by atoms with Gasteiger partial charge in [-0.1, -0.05) is 81.4 Å². The van der Waals surface area contributed by atoms with Crippen molar-refractivity contribution in [2.75, 3.05) is 5.32 Å². The minimum Gasteiger partial charge on any atom is -0.481 e. The maximum absolute atomic E-state index is 12.7. The molecule has 1 atom stereocenters. The van der Waals surface area contributed by atoms with Gasteiger partial charge in [-0.25, -0.2) is 0 Å². The third-order valence-corrected chi connectivity index (χ3v) is 5.74. The van der Waals surface area contributed by atoms with Crippen LogP contribution >= 0.6 is 0 Å². The van der Waals surface area contributed by atoms with E-state index in [4.69, 9.17) is 4.74 Å². The summed E-state index contributed by atoms with van der Waals surface area (Å²) in [5.74, 6) is 0.540. The minimum atomic E-state index is -0.595. The van der Waals surface area contributed by atoms with Gasteiger partial charge in [0.15, 0.2) is 6.10 Å². The topological polar surface area (TPSA) is 38.3 Å². The van der Waals surface area contributed by atoms with Crippen LogP contribution in [0.3, 0.4) is 0 Å². The number of amides is 1. The summed E-state index contributed by atoms with van der Waals surface area (Å²) in [6.45, 7) is 10.3. The molecule has 0 aliphatic rings. The lowest BCUT2D eigenvalue weighted by atomic mass is 9.78. The van der Waals surface area contributed by atoms with Crippen LogP contribution < -0.4 is 10.1 Å². The van der Waals surface area contributed by atoms with Gasteiger partial charge in [-0.15, -0.1) is 0 Å². The zero-order valence-corrected chi connectivity index (χ0v) is 18.5. The predicted molar refractivity (Wildman–Crippen MR) is 124 cm³/mol. The number of nitrogens with one attached hydrogen (secondary N) is 1. The molecule has 1 N–H and O–H groups in total. The molecule has 0 spiro atoms. The van der Waals surface area contributed by atoms with E-state index in [-0.39, 0.29) is 11.3 Å². The number of hydrogen-bond donors (Lipinski definition) is 1. The molecule has 3 nitrogen and oxygen atoms in total. The van der Waals surface area contributed by atoms with E-state index in [1.54, 1.807) is 6.92 Å². The number of aryl methyl sites for hydroxylation is 2. The molecule has 3 rings (SSSR count). The monoisotopic (exact) mass is 401 g/mol. The average Bonchev–Trinajstić information content (AvgIpc) is 2.76. The van der Waals surface area contributed by atoms with Crippen molar-refractivity contribution in [2.24, 2.45) is 0 Å². The highest BCUT2D eigenvalue weighted by Crippen LogP contribution is 2.32. The van der Waals surface area contributed by atoms with E-state index in [9.17, 15) is 4.79 Å². The number of anilines is 1. The Morgan fingerprint density at radius 1 is 0.933 bits per heavy atom. The third-order valence-electron chi connectivity index (χ3n) is 5.74. The number of rotatable bonds is 7. The standard InChI is InChI=1S/C27H31NO2/c1-6-21-12-10-11-19(2)25(21)28-26(29)20(3)30-24-17-15-23(16-18-24)27(4,5)22-13-8-7-9-14-22/h7-18,20H,6H2,1-5H3,(H,28,29).